The summed E-state index contributed by atoms with van der Waals surface area (Å²) >= 11 is 0. The molecule has 0 spiro atoms. The molecule has 1 saturated carbocycles. The molecule has 182 valence electrons. The number of carbonyl (C=O) groups excluding carboxylic acids is 1. The Balaban J connectivity index is 1.47. The molecular formula is C27H26N6O3. The van der Waals surface area contributed by atoms with Gasteiger partial charge >= 0.3 is 12.1 Å². The number of ether oxygens (including phenoxy) is 2. The van der Waals surface area contributed by atoms with E-state index >= 15 is 0 Å². The highest BCUT2D eigenvalue weighted by atomic mass is 16.6. The summed E-state index contributed by atoms with van der Waals surface area (Å²) in [5.74, 6) is 1.03. The van der Waals surface area contributed by atoms with Gasteiger partial charge in [0.25, 0.3) is 0 Å². The lowest BCUT2D eigenvalue weighted by molar-refractivity contribution is 0.130. The van der Waals surface area contributed by atoms with Crippen LogP contribution in [0.25, 0.3) is 10.9 Å². The van der Waals surface area contributed by atoms with E-state index in [0.29, 0.717) is 29.6 Å². The lowest BCUT2D eigenvalue weighted by Gasteiger charge is -2.30. The van der Waals surface area contributed by atoms with Crippen molar-refractivity contribution in [2.75, 3.05) is 5.32 Å². The summed E-state index contributed by atoms with van der Waals surface area (Å²) in [5.41, 5.74) is 3.50. The van der Waals surface area contributed by atoms with Crippen molar-refractivity contribution in [2.24, 2.45) is 0 Å². The van der Waals surface area contributed by atoms with Crippen LogP contribution in [0.2, 0.25) is 0 Å². The molecule has 3 aromatic heterocycles. The van der Waals surface area contributed by atoms with E-state index in [1.54, 1.807) is 44.6 Å². The minimum atomic E-state index is -0.541. The first-order valence-corrected chi connectivity index (χ1v) is 12.0. The summed E-state index contributed by atoms with van der Waals surface area (Å²) in [6.45, 7) is 3.57. The van der Waals surface area contributed by atoms with Crippen molar-refractivity contribution >= 4 is 22.8 Å². The maximum atomic E-state index is 11.9. The number of anilines is 1. The smallest absolute Gasteiger partial charge is 0.413 e. The first-order chi connectivity index (χ1) is 17.5. The molecule has 9 heteroatoms. The number of hydrogen-bond acceptors (Lipinski definition) is 7. The minimum Gasteiger partial charge on any atom is -0.447 e. The van der Waals surface area contributed by atoms with Crippen LogP contribution in [0.5, 0.6) is 11.8 Å². The fourth-order valence-corrected chi connectivity index (χ4v) is 4.36. The maximum absolute atomic E-state index is 11.9. The number of carbonyl (C=O) groups is 1. The third-order valence-corrected chi connectivity index (χ3v) is 6.15. The fourth-order valence-electron chi connectivity index (χ4n) is 4.36. The van der Waals surface area contributed by atoms with Crippen LogP contribution < -0.4 is 10.1 Å². The number of amides is 1. The van der Waals surface area contributed by atoms with Crippen molar-refractivity contribution < 1.29 is 14.3 Å². The van der Waals surface area contributed by atoms with Gasteiger partial charge in [0, 0.05) is 48.2 Å². The molecule has 36 heavy (non-hydrogen) atoms. The number of benzene rings is 1. The van der Waals surface area contributed by atoms with E-state index < -0.39 is 6.09 Å². The van der Waals surface area contributed by atoms with Crippen LogP contribution in [0.15, 0.2) is 55.0 Å². The number of hydrogen-bond donors (Lipinski definition) is 1. The molecule has 1 aliphatic rings. The average Bonchev–Trinajstić information content (AvgIpc) is 3.11. The predicted molar refractivity (Wildman–Crippen MR) is 134 cm³/mol. The molecule has 1 aromatic carbocycles. The molecule has 0 radical (unpaired) electrons. The van der Waals surface area contributed by atoms with Gasteiger partial charge in [0.2, 0.25) is 0 Å². The van der Waals surface area contributed by atoms with Gasteiger partial charge in [-0.25, -0.2) is 19.7 Å². The van der Waals surface area contributed by atoms with E-state index in [9.17, 15) is 10.1 Å². The number of nitriles is 1. The highest BCUT2D eigenvalue weighted by molar-refractivity contribution is 5.89. The summed E-state index contributed by atoms with van der Waals surface area (Å²) in [6.07, 6.45) is 8.05. The number of aromatic nitrogens is 4. The van der Waals surface area contributed by atoms with E-state index in [1.165, 1.54) is 0 Å². The summed E-state index contributed by atoms with van der Waals surface area (Å²) in [6, 6.07) is 14.1. The van der Waals surface area contributed by atoms with E-state index in [1.807, 2.05) is 24.3 Å². The number of nitrogens with one attached hydrogen (secondary N) is 1. The Kier molecular flexibility index (Phi) is 6.50. The molecule has 1 N–H and O–H groups in total. The van der Waals surface area contributed by atoms with Gasteiger partial charge < -0.3 is 14.0 Å². The number of nitrogens with zero attached hydrogens (tertiary/aromatic N) is 5. The van der Waals surface area contributed by atoms with E-state index in [2.05, 4.69) is 30.9 Å². The molecule has 1 aliphatic carbocycles. The highest BCUT2D eigenvalue weighted by Gasteiger charge is 2.27. The largest absolute Gasteiger partial charge is 0.447 e. The van der Waals surface area contributed by atoms with Gasteiger partial charge in [-0.05, 0) is 62.9 Å². The SMILES string of the molecule is CC(C)OC(=O)Nc1ccc(Cc2c(C#N)c3ccc(Oc4ncccn4)cc3n2C2CCC2)cn1. The molecule has 4 aromatic rings. The lowest BCUT2D eigenvalue weighted by atomic mass is 9.92. The monoisotopic (exact) mass is 482 g/mol. The predicted octanol–water partition coefficient (Wildman–Crippen LogP) is 5.76. The lowest BCUT2D eigenvalue weighted by Crippen LogP contribution is -2.19. The Morgan fingerprint density at radius 1 is 1.19 bits per heavy atom. The molecule has 5 rings (SSSR count). The summed E-state index contributed by atoms with van der Waals surface area (Å²) in [7, 11) is 0. The fraction of sp³-hybridized carbons (Fsp3) is 0.296. The second-order valence-electron chi connectivity index (χ2n) is 9.01. The number of rotatable bonds is 7. The van der Waals surface area contributed by atoms with Gasteiger partial charge in [0.1, 0.15) is 17.6 Å². The molecule has 3 heterocycles. The maximum Gasteiger partial charge on any atom is 0.413 e. The van der Waals surface area contributed by atoms with Crippen molar-refractivity contribution in [3.05, 3.63) is 71.8 Å². The second-order valence-corrected chi connectivity index (χ2v) is 9.01. The van der Waals surface area contributed by atoms with Gasteiger partial charge in [0.05, 0.1) is 17.2 Å². The Morgan fingerprint density at radius 3 is 2.64 bits per heavy atom. The van der Waals surface area contributed by atoms with Crippen LogP contribution in [0.3, 0.4) is 0 Å². The van der Waals surface area contributed by atoms with Gasteiger partial charge in [0.15, 0.2) is 0 Å². The Hall–Kier alpha value is -4.45. The summed E-state index contributed by atoms with van der Waals surface area (Å²) < 4.78 is 13.3. The first-order valence-electron chi connectivity index (χ1n) is 12.0. The van der Waals surface area contributed by atoms with Gasteiger partial charge in [-0.15, -0.1) is 0 Å². The van der Waals surface area contributed by atoms with E-state index in [-0.39, 0.29) is 12.1 Å². The van der Waals surface area contributed by atoms with E-state index in [4.69, 9.17) is 9.47 Å². The van der Waals surface area contributed by atoms with Crippen molar-refractivity contribution in [1.29, 1.82) is 5.26 Å². The molecule has 0 unspecified atom stereocenters. The van der Waals surface area contributed by atoms with Crippen LogP contribution in [-0.4, -0.2) is 31.7 Å². The van der Waals surface area contributed by atoms with Crippen molar-refractivity contribution in [3.63, 3.8) is 0 Å². The summed E-state index contributed by atoms with van der Waals surface area (Å²) in [4.78, 5) is 24.5. The van der Waals surface area contributed by atoms with Gasteiger partial charge in [-0.1, -0.05) is 6.07 Å². The van der Waals surface area contributed by atoms with Crippen LogP contribution >= 0.6 is 0 Å². The quantitative estimate of drug-likeness (QED) is 0.356. The standard InChI is InChI=1S/C27H26N6O3/c1-17(2)35-27(34)32-25-10-7-18(16-31-25)13-23-22(15-28)21-9-8-20(36-26-29-11-4-12-30-26)14-24(21)33(23)19-5-3-6-19/h4,7-12,14,16-17,19H,3,5-6,13H2,1-2H3,(H,31,32,34). The molecule has 9 nitrogen and oxygen atoms in total. The Morgan fingerprint density at radius 2 is 2.00 bits per heavy atom. The zero-order chi connectivity index (χ0) is 25.1. The zero-order valence-corrected chi connectivity index (χ0v) is 20.1. The Labute approximate surface area is 208 Å². The van der Waals surface area contributed by atoms with Crippen molar-refractivity contribution in [1.82, 2.24) is 19.5 Å². The summed E-state index contributed by atoms with van der Waals surface area (Å²) in [5, 5.41) is 13.6. The Bertz CT molecular complexity index is 1420. The normalized spacial score (nSPS) is 13.3. The van der Waals surface area contributed by atoms with Gasteiger partial charge in [-0.2, -0.15) is 5.26 Å². The molecule has 1 amide bonds. The minimum absolute atomic E-state index is 0.215. The van der Waals surface area contributed by atoms with E-state index in [0.717, 1.165) is 41.4 Å². The van der Waals surface area contributed by atoms with Gasteiger partial charge in [-0.3, -0.25) is 5.32 Å². The van der Waals surface area contributed by atoms with Crippen LogP contribution in [0.1, 0.15) is 56.0 Å². The number of fused-ring (bicyclic) bond motifs is 1. The second kappa shape index (κ2) is 10.0. The van der Waals surface area contributed by atoms with Crippen LogP contribution in [-0.2, 0) is 11.2 Å². The van der Waals surface area contributed by atoms with Crippen LogP contribution in [0.4, 0.5) is 10.6 Å². The zero-order valence-electron chi connectivity index (χ0n) is 20.1. The molecule has 0 aliphatic heterocycles. The highest BCUT2D eigenvalue weighted by Crippen LogP contribution is 2.40. The number of pyridine rings is 1. The molecular weight excluding hydrogens is 456 g/mol. The van der Waals surface area contributed by atoms with Crippen molar-refractivity contribution in [2.45, 2.75) is 51.7 Å². The molecule has 0 saturated heterocycles. The van der Waals surface area contributed by atoms with Crippen LogP contribution in [0, 0.1) is 11.3 Å². The molecule has 0 bridgehead atoms. The third kappa shape index (κ3) is 4.84. The topological polar surface area (TPSA) is 115 Å². The van der Waals surface area contributed by atoms with Crippen molar-refractivity contribution in [3.8, 4) is 17.8 Å². The molecule has 0 atom stereocenters. The third-order valence-electron chi connectivity index (χ3n) is 6.15. The molecule has 1 fully saturated rings. The first kappa shape index (κ1) is 23.3. The average molecular weight is 483 g/mol.